The topological polar surface area (TPSA) is 104 Å². The third kappa shape index (κ3) is 3.09. The van der Waals surface area contributed by atoms with Crippen LogP contribution in [0.3, 0.4) is 0 Å². The van der Waals surface area contributed by atoms with Gasteiger partial charge in [-0.1, -0.05) is 6.92 Å². The van der Waals surface area contributed by atoms with E-state index in [1.54, 1.807) is 17.1 Å². The SMILES string of the molecule is CCC1(C(=O)OC(C)C)C/C(=C\n2cnc3c(OC)ncnc32)N=N1. The molecule has 0 saturated carbocycles. The molecule has 2 aromatic heterocycles. The van der Waals surface area contributed by atoms with Crippen molar-refractivity contribution in [3.8, 4) is 5.88 Å². The van der Waals surface area contributed by atoms with Crippen molar-refractivity contribution in [2.24, 2.45) is 10.2 Å². The van der Waals surface area contributed by atoms with Gasteiger partial charge >= 0.3 is 5.97 Å². The predicted molar refractivity (Wildman–Crippen MR) is 89.9 cm³/mol. The van der Waals surface area contributed by atoms with Crippen LogP contribution in [0.4, 0.5) is 0 Å². The summed E-state index contributed by atoms with van der Waals surface area (Å²) in [7, 11) is 1.53. The second-order valence-corrected chi connectivity index (χ2v) is 6.04. The second kappa shape index (κ2) is 6.58. The van der Waals surface area contributed by atoms with E-state index in [-0.39, 0.29) is 12.1 Å². The normalized spacial score (nSPS) is 21.4. The number of esters is 1. The summed E-state index contributed by atoms with van der Waals surface area (Å²) in [5.41, 5.74) is 0.838. The first-order valence-corrected chi connectivity index (χ1v) is 8.05. The Morgan fingerprint density at radius 2 is 2.20 bits per heavy atom. The van der Waals surface area contributed by atoms with Gasteiger partial charge in [0.25, 0.3) is 0 Å². The molecule has 0 fully saturated rings. The van der Waals surface area contributed by atoms with Gasteiger partial charge in [-0.25, -0.2) is 14.8 Å². The van der Waals surface area contributed by atoms with Crippen molar-refractivity contribution in [3.05, 3.63) is 18.4 Å². The number of carbonyl (C=O) groups excluding carboxylic acids is 1. The third-order valence-electron chi connectivity index (χ3n) is 3.96. The zero-order chi connectivity index (χ0) is 18.0. The van der Waals surface area contributed by atoms with Gasteiger partial charge < -0.3 is 9.47 Å². The van der Waals surface area contributed by atoms with Crippen LogP contribution in [0.1, 0.15) is 33.6 Å². The fourth-order valence-corrected chi connectivity index (χ4v) is 2.61. The molecule has 132 valence electrons. The number of carbonyl (C=O) groups is 1. The molecule has 9 nitrogen and oxygen atoms in total. The van der Waals surface area contributed by atoms with Gasteiger partial charge in [-0.3, -0.25) is 4.57 Å². The molecule has 3 rings (SSSR count). The summed E-state index contributed by atoms with van der Waals surface area (Å²) in [5.74, 6) is 0.0512. The molecule has 25 heavy (non-hydrogen) atoms. The number of ether oxygens (including phenoxy) is 2. The van der Waals surface area contributed by atoms with Gasteiger partial charge in [0.15, 0.2) is 16.7 Å². The molecule has 0 radical (unpaired) electrons. The van der Waals surface area contributed by atoms with E-state index in [1.165, 1.54) is 13.4 Å². The van der Waals surface area contributed by atoms with Gasteiger partial charge in [0.2, 0.25) is 5.88 Å². The molecule has 1 aliphatic heterocycles. The molecule has 0 saturated heterocycles. The van der Waals surface area contributed by atoms with Crippen LogP contribution < -0.4 is 4.74 Å². The first-order chi connectivity index (χ1) is 12.0. The first kappa shape index (κ1) is 17.0. The molecule has 1 aliphatic rings. The lowest BCUT2D eigenvalue weighted by atomic mass is 9.93. The van der Waals surface area contributed by atoms with E-state index in [4.69, 9.17) is 9.47 Å². The molecule has 2 aromatic rings. The van der Waals surface area contributed by atoms with Crippen molar-refractivity contribution in [3.63, 3.8) is 0 Å². The summed E-state index contributed by atoms with van der Waals surface area (Å²) in [6.45, 7) is 5.53. The smallest absolute Gasteiger partial charge is 0.336 e. The summed E-state index contributed by atoms with van der Waals surface area (Å²) in [5, 5.41) is 8.38. The summed E-state index contributed by atoms with van der Waals surface area (Å²) in [4.78, 5) is 24.9. The number of fused-ring (bicyclic) bond motifs is 1. The summed E-state index contributed by atoms with van der Waals surface area (Å²) < 4.78 is 12.2. The highest BCUT2D eigenvalue weighted by molar-refractivity contribution is 5.82. The number of imidazole rings is 1. The third-order valence-corrected chi connectivity index (χ3v) is 3.96. The Labute approximate surface area is 144 Å². The van der Waals surface area contributed by atoms with Crippen LogP contribution in [0.15, 0.2) is 28.6 Å². The Hall–Kier alpha value is -2.84. The lowest BCUT2D eigenvalue weighted by molar-refractivity contribution is -0.153. The molecule has 0 amide bonds. The Bertz CT molecular complexity index is 857. The molecule has 0 N–H and O–H groups in total. The van der Waals surface area contributed by atoms with Crippen LogP contribution in [-0.4, -0.2) is 44.2 Å². The van der Waals surface area contributed by atoms with Gasteiger partial charge in [0.05, 0.1) is 18.9 Å². The van der Waals surface area contributed by atoms with Crippen molar-refractivity contribution < 1.29 is 14.3 Å². The molecule has 9 heteroatoms. The van der Waals surface area contributed by atoms with Crippen molar-refractivity contribution in [2.75, 3.05) is 7.11 Å². The maximum Gasteiger partial charge on any atom is 0.336 e. The van der Waals surface area contributed by atoms with Crippen LogP contribution >= 0.6 is 0 Å². The Kier molecular flexibility index (Phi) is 4.47. The minimum Gasteiger partial charge on any atom is -0.479 e. The number of nitrogens with zero attached hydrogens (tertiary/aromatic N) is 6. The summed E-state index contributed by atoms with van der Waals surface area (Å²) in [6, 6.07) is 0. The molecule has 1 unspecified atom stereocenters. The van der Waals surface area contributed by atoms with E-state index in [2.05, 4.69) is 25.2 Å². The van der Waals surface area contributed by atoms with Gasteiger partial charge in [-0.2, -0.15) is 15.2 Å². The lowest BCUT2D eigenvalue weighted by Gasteiger charge is -2.21. The Balaban J connectivity index is 1.89. The average Bonchev–Trinajstić information content (AvgIpc) is 3.20. The number of hydrogen-bond acceptors (Lipinski definition) is 8. The Morgan fingerprint density at radius 1 is 1.40 bits per heavy atom. The zero-order valence-corrected chi connectivity index (χ0v) is 14.6. The standard InChI is InChI=1S/C16H20N6O3/c1-5-16(15(23)25-10(2)3)6-11(20-21-16)7-22-9-19-12-13(22)17-8-18-14(12)24-4/h7-10H,5-6H2,1-4H3/b11-7+. The van der Waals surface area contributed by atoms with Crippen LogP contribution in [-0.2, 0) is 9.53 Å². The quantitative estimate of drug-likeness (QED) is 0.772. The van der Waals surface area contributed by atoms with E-state index in [9.17, 15) is 4.79 Å². The number of aromatic nitrogens is 4. The van der Waals surface area contributed by atoms with Gasteiger partial charge in [-0.05, 0) is 20.3 Å². The molecule has 0 aliphatic carbocycles. The molecule has 0 bridgehead atoms. The highest BCUT2D eigenvalue weighted by Gasteiger charge is 2.43. The fourth-order valence-electron chi connectivity index (χ4n) is 2.61. The van der Waals surface area contributed by atoms with E-state index >= 15 is 0 Å². The lowest BCUT2D eigenvalue weighted by Crippen LogP contribution is -2.37. The number of rotatable bonds is 5. The van der Waals surface area contributed by atoms with Crippen molar-refractivity contribution in [1.82, 2.24) is 19.5 Å². The zero-order valence-electron chi connectivity index (χ0n) is 14.6. The maximum absolute atomic E-state index is 12.4. The molecule has 0 spiro atoms. The van der Waals surface area contributed by atoms with E-state index < -0.39 is 5.54 Å². The highest BCUT2D eigenvalue weighted by atomic mass is 16.5. The van der Waals surface area contributed by atoms with Crippen LogP contribution in [0.25, 0.3) is 17.4 Å². The van der Waals surface area contributed by atoms with Gasteiger partial charge in [0.1, 0.15) is 12.7 Å². The largest absolute Gasteiger partial charge is 0.479 e. The minimum absolute atomic E-state index is 0.194. The average molecular weight is 344 g/mol. The number of azo groups is 1. The van der Waals surface area contributed by atoms with Gasteiger partial charge in [-0.15, -0.1) is 0 Å². The fraction of sp³-hybridized carbons (Fsp3) is 0.500. The van der Waals surface area contributed by atoms with Crippen molar-refractivity contribution >= 4 is 23.3 Å². The van der Waals surface area contributed by atoms with E-state index in [0.717, 1.165) is 0 Å². The van der Waals surface area contributed by atoms with Crippen LogP contribution in [0.2, 0.25) is 0 Å². The summed E-state index contributed by atoms with van der Waals surface area (Å²) in [6.07, 6.45) is 5.45. The van der Waals surface area contributed by atoms with Crippen molar-refractivity contribution in [1.29, 1.82) is 0 Å². The molecular weight excluding hydrogens is 324 g/mol. The Morgan fingerprint density at radius 3 is 2.88 bits per heavy atom. The molecule has 0 aromatic carbocycles. The molecular formula is C16H20N6O3. The predicted octanol–water partition coefficient (Wildman–Crippen LogP) is 2.59. The maximum atomic E-state index is 12.4. The molecule has 1 atom stereocenters. The first-order valence-electron chi connectivity index (χ1n) is 8.05. The van der Waals surface area contributed by atoms with Crippen molar-refractivity contribution in [2.45, 2.75) is 45.3 Å². The number of hydrogen-bond donors (Lipinski definition) is 0. The minimum atomic E-state index is -0.959. The highest BCUT2D eigenvalue weighted by Crippen LogP contribution is 2.35. The number of methoxy groups -OCH3 is 1. The monoisotopic (exact) mass is 344 g/mol. The van der Waals surface area contributed by atoms with Crippen LogP contribution in [0.5, 0.6) is 5.88 Å². The van der Waals surface area contributed by atoms with Gasteiger partial charge in [0, 0.05) is 12.6 Å². The summed E-state index contributed by atoms with van der Waals surface area (Å²) >= 11 is 0. The van der Waals surface area contributed by atoms with E-state index in [0.29, 0.717) is 35.6 Å². The van der Waals surface area contributed by atoms with E-state index in [1.807, 2.05) is 20.8 Å². The molecule has 3 heterocycles. The second-order valence-electron chi connectivity index (χ2n) is 6.04. The van der Waals surface area contributed by atoms with Crippen LogP contribution in [0, 0.1) is 0 Å².